The van der Waals surface area contributed by atoms with Crippen molar-refractivity contribution in [1.82, 2.24) is 9.80 Å². The van der Waals surface area contributed by atoms with Crippen LogP contribution in [0.3, 0.4) is 0 Å². The first-order valence-corrected chi connectivity index (χ1v) is 6.11. The van der Waals surface area contributed by atoms with Crippen molar-refractivity contribution in [3.63, 3.8) is 0 Å². The second-order valence-electron chi connectivity index (χ2n) is 4.90. The Morgan fingerprint density at radius 3 is 2.39 bits per heavy atom. The largest absolute Gasteiger partial charge is 0.465 e. The lowest BCUT2D eigenvalue weighted by atomic mass is 9.96. The van der Waals surface area contributed by atoms with Gasteiger partial charge in [0.1, 0.15) is 0 Å². The van der Waals surface area contributed by atoms with Crippen LogP contribution in [0.15, 0.2) is 11.6 Å². The first-order chi connectivity index (χ1) is 8.47. The Bertz CT molecular complexity index is 407. The summed E-state index contributed by atoms with van der Waals surface area (Å²) < 4.78 is 0. The molecule has 0 aromatic heterocycles. The van der Waals surface area contributed by atoms with Gasteiger partial charge in [-0.25, -0.2) is 9.59 Å². The van der Waals surface area contributed by atoms with Crippen LogP contribution in [0, 0.1) is 0 Å². The minimum absolute atomic E-state index is 0.190. The van der Waals surface area contributed by atoms with E-state index in [0.29, 0.717) is 0 Å². The van der Waals surface area contributed by atoms with E-state index in [4.69, 9.17) is 0 Å². The van der Waals surface area contributed by atoms with Crippen LogP contribution in [0.4, 0.5) is 9.59 Å². The molecule has 2 rings (SSSR count). The molecule has 0 saturated carbocycles. The number of nitrogens with zero attached hydrogens (tertiary/aromatic N) is 2. The van der Waals surface area contributed by atoms with Crippen LogP contribution < -0.4 is 0 Å². The molecule has 0 aromatic rings. The van der Waals surface area contributed by atoms with Gasteiger partial charge in [0.05, 0.1) is 18.1 Å². The summed E-state index contributed by atoms with van der Waals surface area (Å²) in [6.07, 6.45) is 1.42. The molecular formula is C12H18N2O4. The average Bonchev–Trinajstić information content (AvgIpc) is 2.63. The first-order valence-electron chi connectivity index (χ1n) is 6.11. The topological polar surface area (TPSA) is 81.1 Å². The monoisotopic (exact) mass is 254 g/mol. The highest BCUT2D eigenvalue weighted by atomic mass is 16.4. The van der Waals surface area contributed by atoms with Gasteiger partial charge in [0.25, 0.3) is 0 Å². The van der Waals surface area contributed by atoms with E-state index in [-0.39, 0.29) is 24.7 Å². The molecule has 2 fully saturated rings. The molecule has 0 aromatic carbocycles. The second kappa shape index (κ2) is 4.51. The summed E-state index contributed by atoms with van der Waals surface area (Å²) in [6, 6.07) is -0.777. The van der Waals surface area contributed by atoms with Crippen molar-refractivity contribution in [1.29, 1.82) is 0 Å². The third-order valence-electron chi connectivity index (χ3n) is 4.04. The standard InChI is InChI=1S/C12H18N2O4/c1-3-7(2)10-9-5-4-8(14(9)12(17)18)6-13(10)11(15)16/h3,8-10H,4-6H2,1-2H3,(H,15,16)(H,17,18)/t8-,9+,10+/m1/s1. The minimum atomic E-state index is -0.969. The Morgan fingerprint density at radius 2 is 1.89 bits per heavy atom. The molecule has 0 spiro atoms. The predicted octanol–water partition coefficient (Wildman–Crippen LogP) is 1.83. The lowest BCUT2D eigenvalue weighted by molar-refractivity contribution is 0.0357. The van der Waals surface area contributed by atoms with Gasteiger partial charge in [0, 0.05) is 6.54 Å². The molecule has 2 aliphatic heterocycles. The van der Waals surface area contributed by atoms with E-state index in [1.54, 1.807) is 0 Å². The minimum Gasteiger partial charge on any atom is -0.465 e. The number of rotatable bonds is 1. The Hall–Kier alpha value is -1.72. The van der Waals surface area contributed by atoms with E-state index in [1.165, 1.54) is 9.80 Å². The van der Waals surface area contributed by atoms with Crippen LogP contribution in [0.5, 0.6) is 0 Å². The summed E-state index contributed by atoms with van der Waals surface area (Å²) in [5.74, 6) is 0. The van der Waals surface area contributed by atoms with Gasteiger partial charge >= 0.3 is 12.2 Å². The second-order valence-corrected chi connectivity index (χ2v) is 4.90. The van der Waals surface area contributed by atoms with Crippen LogP contribution in [0.1, 0.15) is 26.7 Å². The van der Waals surface area contributed by atoms with Gasteiger partial charge in [0.2, 0.25) is 0 Å². The quantitative estimate of drug-likeness (QED) is 0.699. The van der Waals surface area contributed by atoms with Gasteiger partial charge in [-0.2, -0.15) is 0 Å². The number of carbonyl (C=O) groups is 2. The van der Waals surface area contributed by atoms with Gasteiger partial charge < -0.3 is 10.2 Å². The Morgan fingerprint density at radius 1 is 1.22 bits per heavy atom. The average molecular weight is 254 g/mol. The molecular weight excluding hydrogens is 236 g/mol. The predicted molar refractivity (Wildman–Crippen MR) is 64.6 cm³/mol. The highest BCUT2D eigenvalue weighted by Crippen LogP contribution is 2.36. The van der Waals surface area contributed by atoms with E-state index < -0.39 is 12.2 Å². The van der Waals surface area contributed by atoms with E-state index in [1.807, 2.05) is 19.9 Å². The van der Waals surface area contributed by atoms with Gasteiger partial charge in [-0.3, -0.25) is 9.80 Å². The number of amides is 2. The summed E-state index contributed by atoms with van der Waals surface area (Å²) in [5, 5.41) is 18.5. The third kappa shape index (κ3) is 1.81. The molecule has 2 saturated heterocycles. The van der Waals surface area contributed by atoms with E-state index >= 15 is 0 Å². The van der Waals surface area contributed by atoms with Crippen molar-refractivity contribution in [2.75, 3.05) is 6.54 Å². The highest BCUT2D eigenvalue weighted by Gasteiger charge is 2.50. The third-order valence-corrected chi connectivity index (χ3v) is 4.04. The summed E-state index contributed by atoms with van der Waals surface area (Å²) in [7, 11) is 0. The van der Waals surface area contributed by atoms with Crippen molar-refractivity contribution in [3.05, 3.63) is 11.6 Å². The number of likely N-dealkylation sites (tertiary alicyclic amines) is 1. The Labute approximate surface area is 105 Å². The van der Waals surface area contributed by atoms with E-state index in [2.05, 4.69) is 0 Å². The normalized spacial score (nSPS) is 31.7. The zero-order chi connectivity index (χ0) is 13.4. The molecule has 2 N–H and O–H groups in total. The maximum atomic E-state index is 11.3. The first kappa shape index (κ1) is 12.7. The van der Waals surface area contributed by atoms with Crippen LogP contribution >= 0.6 is 0 Å². The van der Waals surface area contributed by atoms with Crippen LogP contribution in [-0.4, -0.2) is 56.9 Å². The maximum absolute atomic E-state index is 11.3. The number of piperazine rings is 1. The zero-order valence-corrected chi connectivity index (χ0v) is 10.5. The number of hydrogen-bond acceptors (Lipinski definition) is 2. The molecule has 0 aliphatic carbocycles. The Balaban J connectivity index is 2.37. The van der Waals surface area contributed by atoms with Crippen molar-refractivity contribution < 1.29 is 19.8 Å². The van der Waals surface area contributed by atoms with Crippen molar-refractivity contribution in [2.45, 2.75) is 44.8 Å². The fourth-order valence-electron chi connectivity index (χ4n) is 3.16. The van der Waals surface area contributed by atoms with Gasteiger partial charge in [-0.15, -0.1) is 0 Å². The van der Waals surface area contributed by atoms with Gasteiger partial charge in [0.15, 0.2) is 0 Å². The molecule has 2 amide bonds. The summed E-state index contributed by atoms with van der Waals surface area (Å²) in [4.78, 5) is 25.4. The Kier molecular flexibility index (Phi) is 3.19. The fraction of sp³-hybridized carbons (Fsp3) is 0.667. The lowest BCUT2D eigenvalue weighted by Crippen LogP contribution is -2.62. The molecule has 0 radical (unpaired) electrons. The molecule has 2 heterocycles. The number of fused-ring (bicyclic) bond motifs is 2. The van der Waals surface area contributed by atoms with Gasteiger partial charge in [-0.1, -0.05) is 11.6 Å². The molecule has 3 atom stereocenters. The van der Waals surface area contributed by atoms with Crippen molar-refractivity contribution >= 4 is 12.2 Å². The fourth-order valence-corrected chi connectivity index (χ4v) is 3.16. The molecule has 2 bridgehead atoms. The molecule has 6 nitrogen and oxygen atoms in total. The highest BCUT2D eigenvalue weighted by molar-refractivity contribution is 5.70. The van der Waals surface area contributed by atoms with Gasteiger partial charge in [-0.05, 0) is 26.7 Å². The molecule has 0 unspecified atom stereocenters. The molecule has 18 heavy (non-hydrogen) atoms. The van der Waals surface area contributed by atoms with Crippen molar-refractivity contribution in [3.8, 4) is 0 Å². The number of carboxylic acid groups (broad SMARTS) is 2. The SMILES string of the molecule is CC=C(C)[C@H]1[C@@H]2CC[C@H](CN1C(=O)O)N2C(=O)O. The summed E-state index contributed by atoms with van der Waals surface area (Å²) in [5.41, 5.74) is 0.911. The van der Waals surface area contributed by atoms with Crippen LogP contribution in [0.25, 0.3) is 0 Å². The molecule has 2 aliphatic rings. The number of allylic oxidation sites excluding steroid dienone is 1. The number of hydrogen-bond donors (Lipinski definition) is 2. The summed E-state index contributed by atoms with van der Waals surface area (Å²) >= 11 is 0. The smallest absolute Gasteiger partial charge is 0.407 e. The lowest BCUT2D eigenvalue weighted by Gasteiger charge is -2.45. The van der Waals surface area contributed by atoms with Crippen molar-refractivity contribution in [2.24, 2.45) is 0 Å². The molecule has 6 heteroatoms. The van der Waals surface area contributed by atoms with Crippen LogP contribution in [-0.2, 0) is 0 Å². The van der Waals surface area contributed by atoms with E-state index in [9.17, 15) is 19.8 Å². The van der Waals surface area contributed by atoms with E-state index in [0.717, 1.165) is 18.4 Å². The maximum Gasteiger partial charge on any atom is 0.407 e. The van der Waals surface area contributed by atoms with Crippen LogP contribution in [0.2, 0.25) is 0 Å². The molecule has 100 valence electrons. The summed E-state index contributed by atoms with van der Waals surface area (Å²) in [6.45, 7) is 3.98. The zero-order valence-electron chi connectivity index (χ0n) is 10.5.